The van der Waals surface area contributed by atoms with Gasteiger partial charge in [-0.25, -0.2) is 10.0 Å². The highest BCUT2D eigenvalue weighted by Gasteiger charge is 2.21. The van der Waals surface area contributed by atoms with E-state index in [4.69, 9.17) is 10.6 Å². The van der Waals surface area contributed by atoms with E-state index in [2.05, 4.69) is 9.97 Å². The highest BCUT2D eigenvalue weighted by atomic mass is 32.2. The Morgan fingerprint density at radius 2 is 2.40 bits per heavy atom. The summed E-state index contributed by atoms with van der Waals surface area (Å²) in [5, 5.41) is 1.74. The lowest BCUT2D eigenvalue weighted by Crippen LogP contribution is -2.28. The van der Waals surface area contributed by atoms with E-state index >= 15 is 0 Å². The Morgan fingerprint density at radius 3 is 2.87 bits per heavy atom. The van der Waals surface area contributed by atoms with Gasteiger partial charge in [0.2, 0.25) is 0 Å². The fourth-order valence-corrected chi connectivity index (χ4v) is 1.30. The Kier molecular flexibility index (Phi) is 3.87. The van der Waals surface area contributed by atoms with Crippen molar-refractivity contribution in [2.45, 2.75) is 5.16 Å². The summed E-state index contributed by atoms with van der Waals surface area (Å²) < 4.78 is 0. The molecule has 0 aliphatic carbocycles. The molecule has 0 fully saturated rings. The summed E-state index contributed by atoms with van der Waals surface area (Å²) in [6.45, 7) is 0. The monoisotopic (exact) mass is 229 g/mol. The molecule has 0 atom stereocenters. The van der Waals surface area contributed by atoms with Crippen molar-refractivity contribution in [3.63, 3.8) is 0 Å². The van der Waals surface area contributed by atoms with Gasteiger partial charge in [-0.3, -0.25) is 9.63 Å². The number of nitrogen functional groups attached to an aromatic ring is 1. The van der Waals surface area contributed by atoms with Crippen LogP contribution in [0.25, 0.3) is 0 Å². The van der Waals surface area contributed by atoms with Gasteiger partial charge in [0.15, 0.2) is 0 Å². The number of rotatable bonds is 3. The van der Waals surface area contributed by atoms with Crippen molar-refractivity contribution >= 4 is 23.5 Å². The number of aromatic amines is 1. The first kappa shape index (κ1) is 11.7. The standard InChI is InChI=1S/C8H12N4O2S/c1-12(14-2)7(13)5-4-10-8(15-3)11-6(5)9/h4H,1-3H3,(H2,9,10,11)/p+1. The maximum absolute atomic E-state index is 11.7. The Morgan fingerprint density at radius 1 is 1.73 bits per heavy atom. The van der Waals surface area contributed by atoms with Crippen molar-refractivity contribution in [3.8, 4) is 0 Å². The fourth-order valence-electron chi connectivity index (χ4n) is 0.938. The number of carbonyl (C=O) groups excluding carboxylic acids is 1. The van der Waals surface area contributed by atoms with E-state index in [0.717, 1.165) is 5.06 Å². The molecule has 0 radical (unpaired) electrons. The summed E-state index contributed by atoms with van der Waals surface area (Å²) in [6.07, 6.45) is 3.38. The minimum Gasteiger partial charge on any atom is -0.362 e. The van der Waals surface area contributed by atoms with Crippen LogP contribution in [0.5, 0.6) is 0 Å². The highest BCUT2D eigenvalue weighted by molar-refractivity contribution is 7.98. The van der Waals surface area contributed by atoms with Gasteiger partial charge in [-0.1, -0.05) is 0 Å². The van der Waals surface area contributed by atoms with Crippen LogP contribution in [0.1, 0.15) is 10.4 Å². The van der Waals surface area contributed by atoms with Gasteiger partial charge in [0.05, 0.1) is 7.11 Å². The smallest absolute Gasteiger partial charge is 0.359 e. The Bertz CT molecular complexity index is 372. The SMILES string of the molecule is CON(C)C(=O)c1c[nH+]c(SC)nc1N. The third-order valence-electron chi connectivity index (χ3n) is 1.82. The molecule has 15 heavy (non-hydrogen) atoms. The molecule has 0 aliphatic heterocycles. The molecule has 0 bridgehead atoms. The van der Waals surface area contributed by atoms with E-state index in [0.29, 0.717) is 5.16 Å². The molecule has 82 valence electrons. The van der Waals surface area contributed by atoms with Crippen LogP contribution in [0.15, 0.2) is 11.4 Å². The van der Waals surface area contributed by atoms with Crippen LogP contribution < -0.4 is 10.7 Å². The molecule has 0 aromatic carbocycles. The Hall–Kier alpha value is -1.34. The Labute approximate surface area is 91.8 Å². The van der Waals surface area contributed by atoms with Crippen molar-refractivity contribution in [2.24, 2.45) is 0 Å². The van der Waals surface area contributed by atoms with Crippen LogP contribution in [0.3, 0.4) is 0 Å². The molecule has 0 unspecified atom stereocenters. The average Bonchev–Trinajstić information content (AvgIpc) is 2.26. The number of nitrogens with zero attached hydrogens (tertiary/aromatic N) is 2. The molecule has 7 heteroatoms. The molecule has 0 spiro atoms. The molecular weight excluding hydrogens is 216 g/mol. The molecule has 3 N–H and O–H groups in total. The number of nitrogens with two attached hydrogens (primary N) is 1. The zero-order valence-electron chi connectivity index (χ0n) is 8.77. The second kappa shape index (κ2) is 4.94. The van der Waals surface area contributed by atoms with Crippen LogP contribution >= 0.6 is 11.8 Å². The zero-order valence-corrected chi connectivity index (χ0v) is 9.59. The lowest BCUT2D eigenvalue weighted by atomic mass is 10.3. The van der Waals surface area contributed by atoms with Gasteiger partial charge < -0.3 is 5.73 Å². The Balaban J connectivity index is 3.00. The van der Waals surface area contributed by atoms with Gasteiger partial charge in [-0.05, 0) is 23.0 Å². The molecule has 1 amide bonds. The van der Waals surface area contributed by atoms with Gasteiger partial charge >= 0.3 is 5.16 Å². The second-order valence-electron chi connectivity index (χ2n) is 2.69. The van der Waals surface area contributed by atoms with Crippen molar-refractivity contribution in [2.75, 3.05) is 26.1 Å². The van der Waals surface area contributed by atoms with Gasteiger partial charge in [0.1, 0.15) is 11.8 Å². The number of hydroxylamine groups is 2. The predicted octanol–water partition coefficient (Wildman–Crippen LogP) is -0.167. The lowest BCUT2D eigenvalue weighted by molar-refractivity contribution is -0.433. The number of anilines is 1. The minimum atomic E-state index is -0.341. The van der Waals surface area contributed by atoms with E-state index in [-0.39, 0.29) is 17.3 Å². The summed E-state index contributed by atoms with van der Waals surface area (Å²) in [5.74, 6) is -0.154. The maximum atomic E-state index is 11.7. The first-order valence-corrected chi connectivity index (χ1v) is 5.37. The van der Waals surface area contributed by atoms with Crippen LogP contribution in [0.2, 0.25) is 0 Å². The predicted molar refractivity (Wildman–Crippen MR) is 56.1 cm³/mol. The molecule has 0 saturated carbocycles. The number of nitrogens with one attached hydrogen (secondary N) is 1. The maximum Gasteiger partial charge on any atom is 0.359 e. The first-order valence-electron chi connectivity index (χ1n) is 4.14. The van der Waals surface area contributed by atoms with Gasteiger partial charge in [0.25, 0.3) is 11.7 Å². The minimum absolute atomic E-state index is 0.187. The fraction of sp³-hybridized carbons (Fsp3) is 0.375. The number of carbonyl (C=O) groups is 1. The van der Waals surface area contributed by atoms with Gasteiger partial charge in [-0.15, -0.1) is 0 Å². The van der Waals surface area contributed by atoms with Gasteiger partial charge in [0, 0.05) is 7.05 Å². The number of aromatic nitrogens is 2. The lowest BCUT2D eigenvalue weighted by Gasteiger charge is -2.12. The van der Waals surface area contributed by atoms with Crippen molar-refractivity contribution in [1.29, 1.82) is 0 Å². The first-order chi connectivity index (χ1) is 7.10. The zero-order chi connectivity index (χ0) is 11.4. The summed E-state index contributed by atoms with van der Waals surface area (Å²) in [5.41, 5.74) is 5.93. The van der Waals surface area contributed by atoms with Gasteiger partial charge in [-0.2, -0.15) is 0 Å². The number of hydrogen-bond acceptors (Lipinski definition) is 5. The molecule has 1 heterocycles. The van der Waals surface area contributed by atoms with E-state index in [1.807, 2.05) is 6.26 Å². The number of thioether (sulfide) groups is 1. The van der Waals surface area contributed by atoms with Crippen molar-refractivity contribution in [3.05, 3.63) is 11.8 Å². The average molecular weight is 229 g/mol. The summed E-state index contributed by atoms with van der Waals surface area (Å²) >= 11 is 1.41. The molecule has 0 saturated heterocycles. The quantitative estimate of drug-likeness (QED) is 0.442. The van der Waals surface area contributed by atoms with E-state index in [1.54, 1.807) is 0 Å². The van der Waals surface area contributed by atoms with Crippen molar-refractivity contribution < 1.29 is 14.6 Å². The second-order valence-corrected chi connectivity index (χ2v) is 3.49. The van der Waals surface area contributed by atoms with Crippen LogP contribution in [-0.4, -0.2) is 36.4 Å². The van der Waals surface area contributed by atoms with E-state index in [9.17, 15) is 4.79 Å². The number of hydrogen-bond donors (Lipinski definition) is 1. The third kappa shape index (κ3) is 2.57. The third-order valence-corrected chi connectivity index (χ3v) is 2.42. The van der Waals surface area contributed by atoms with E-state index < -0.39 is 0 Å². The van der Waals surface area contributed by atoms with Crippen LogP contribution in [-0.2, 0) is 4.84 Å². The molecule has 0 aliphatic rings. The highest BCUT2D eigenvalue weighted by Crippen LogP contribution is 2.12. The normalized spacial score (nSPS) is 10.1. The van der Waals surface area contributed by atoms with E-state index in [1.165, 1.54) is 32.1 Å². The van der Waals surface area contributed by atoms with Crippen LogP contribution in [0, 0.1) is 0 Å². The number of H-pyrrole nitrogens is 1. The molecule has 1 aromatic rings. The van der Waals surface area contributed by atoms with Crippen molar-refractivity contribution in [1.82, 2.24) is 10.0 Å². The summed E-state index contributed by atoms with van der Waals surface area (Å²) in [6, 6.07) is 0. The number of amides is 1. The molecule has 1 aromatic heterocycles. The molecule has 1 rings (SSSR count). The summed E-state index contributed by atoms with van der Waals surface area (Å²) in [4.78, 5) is 23.3. The van der Waals surface area contributed by atoms with Crippen LogP contribution in [0.4, 0.5) is 5.82 Å². The molecular formula is C8H13N4O2S+. The topological polar surface area (TPSA) is 82.6 Å². The largest absolute Gasteiger partial charge is 0.362 e. The summed E-state index contributed by atoms with van der Waals surface area (Å²) in [7, 11) is 2.91. The molecule has 6 nitrogen and oxygen atoms in total.